The van der Waals surface area contributed by atoms with Crippen molar-refractivity contribution < 1.29 is 9.53 Å². The van der Waals surface area contributed by atoms with E-state index in [0.29, 0.717) is 12.8 Å². The van der Waals surface area contributed by atoms with Crippen LogP contribution in [0.15, 0.2) is 36.7 Å². The third-order valence-electron chi connectivity index (χ3n) is 2.60. The number of esters is 1. The van der Waals surface area contributed by atoms with Crippen molar-refractivity contribution in [3.8, 4) is 0 Å². The Balaban J connectivity index is 2.27. The Morgan fingerprint density at radius 3 is 3.06 bits per heavy atom. The maximum absolute atomic E-state index is 11.1. The number of carbonyl (C=O) groups excluding carboxylic acids is 1. The van der Waals surface area contributed by atoms with Crippen LogP contribution in [0.5, 0.6) is 0 Å². The Kier molecular flexibility index (Phi) is 3.15. The molecule has 0 spiro atoms. The van der Waals surface area contributed by atoms with E-state index in [1.807, 2.05) is 30.5 Å². The van der Waals surface area contributed by atoms with Crippen LogP contribution >= 0.6 is 0 Å². The molecule has 82 valence electrons. The molecule has 0 aliphatic heterocycles. The van der Waals surface area contributed by atoms with Crippen molar-refractivity contribution in [2.45, 2.75) is 12.8 Å². The van der Waals surface area contributed by atoms with Crippen molar-refractivity contribution in [3.63, 3.8) is 0 Å². The number of hydrogen-bond donors (Lipinski definition) is 0. The van der Waals surface area contributed by atoms with Crippen LogP contribution in [0.2, 0.25) is 0 Å². The summed E-state index contributed by atoms with van der Waals surface area (Å²) in [6.45, 7) is 0. The second-order valence-corrected chi connectivity index (χ2v) is 3.59. The fraction of sp³-hybridized carbons (Fsp3) is 0.231. The highest BCUT2D eigenvalue weighted by Gasteiger charge is 2.04. The first kappa shape index (κ1) is 10.6. The summed E-state index contributed by atoms with van der Waals surface area (Å²) < 4.78 is 4.63. The quantitative estimate of drug-likeness (QED) is 0.738. The summed E-state index contributed by atoms with van der Waals surface area (Å²) in [5, 5.41) is 2.26. The average Bonchev–Trinajstić information content (AvgIpc) is 2.35. The summed E-state index contributed by atoms with van der Waals surface area (Å²) in [7, 11) is 1.41. The molecule has 1 heterocycles. The lowest BCUT2D eigenvalue weighted by molar-refractivity contribution is -0.140. The monoisotopic (exact) mass is 215 g/mol. The molecular formula is C13H13NO2. The van der Waals surface area contributed by atoms with Crippen molar-refractivity contribution in [1.82, 2.24) is 4.98 Å². The van der Waals surface area contributed by atoms with Gasteiger partial charge in [-0.05, 0) is 23.4 Å². The zero-order valence-electron chi connectivity index (χ0n) is 9.14. The molecule has 3 heteroatoms. The van der Waals surface area contributed by atoms with Gasteiger partial charge in [0.25, 0.3) is 0 Å². The zero-order valence-corrected chi connectivity index (χ0v) is 9.14. The van der Waals surface area contributed by atoms with E-state index in [0.717, 1.165) is 16.3 Å². The van der Waals surface area contributed by atoms with Gasteiger partial charge in [0.15, 0.2) is 0 Å². The Bertz CT molecular complexity index is 503. The number of benzene rings is 1. The van der Waals surface area contributed by atoms with E-state index >= 15 is 0 Å². The molecule has 0 unspecified atom stereocenters. The van der Waals surface area contributed by atoms with Crippen LogP contribution in [0.1, 0.15) is 12.0 Å². The van der Waals surface area contributed by atoms with Gasteiger partial charge in [-0.2, -0.15) is 0 Å². The van der Waals surface area contributed by atoms with Gasteiger partial charge in [-0.3, -0.25) is 9.78 Å². The van der Waals surface area contributed by atoms with Crippen molar-refractivity contribution in [2.75, 3.05) is 7.11 Å². The van der Waals surface area contributed by atoms with Crippen molar-refractivity contribution in [2.24, 2.45) is 0 Å². The topological polar surface area (TPSA) is 39.2 Å². The second kappa shape index (κ2) is 4.75. The molecular weight excluding hydrogens is 202 g/mol. The molecule has 2 rings (SSSR count). The third kappa shape index (κ3) is 2.19. The first-order valence-corrected chi connectivity index (χ1v) is 5.19. The number of fused-ring (bicyclic) bond motifs is 1. The molecule has 0 aliphatic rings. The van der Waals surface area contributed by atoms with Crippen molar-refractivity contribution in [3.05, 3.63) is 42.2 Å². The van der Waals surface area contributed by atoms with Gasteiger partial charge in [0.1, 0.15) is 0 Å². The zero-order chi connectivity index (χ0) is 11.4. The highest BCUT2D eigenvalue weighted by atomic mass is 16.5. The number of rotatable bonds is 3. The number of hydrogen-bond acceptors (Lipinski definition) is 3. The maximum atomic E-state index is 11.1. The Labute approximate surface area is 94.1 Å². The number of methoxy groups -OCH3 is 1. The normalized spacial score (nSPS) is 10.3. The minimum absolute atomic E-state index is 0.180. The van der Waals surface area contributed by atoms with Crippen LogP contribution in [0, 0.1) is 0 Å². The van der Waals surface area contributed by atoms with Gasteiger partial charge in [0.2, 0.25) is 0 Å². The van der Waals surface area contributed by atoms with Crippen molar-refractivity contribution in [1.29, 1.82) is 0 Å². The van der Waals surface area contributed by atoms with Gasteiger partial charge in [-0.25, -0.2) is 0 Å². The van der Waals surface area contributed by atoms with Crippen molar-refractivity contribution >= 4 is 16.7 Å². The van der Waals surface area contributed by atoms with E-state index in [1.165, 1.54) is 7.11 Å². The van der Waals surface area contributed by atoms with E-state index in [2.05, 4.69) is 9.72 Å². The number of aryl methyl sites for hydroxylation is 1. The molecule has 2 aromatic rings. The van der Waals surface area contributed by atoms with E-state index < -0.39 is 0 Å². The summed E-state index contributed by atoms with van der Waals surface area (Å²) in [5.74, 6) is -0.180. The SMILES string of the molecule is COC(=O)CCc1cccc2ccncc12. The van der Waals surface area contributed by atoms with Gasteiger partial charge in [-0.1, -0.05) is 18.2 Å². The fourth-order valence-corrected chi connectivity index (χ4v) is 1.73. The molecule has 0 amide bonds. The first-order chi connectivity index (χ1) is 7.81. The molecule has 1 aromatic heterocycles. The minimum Gasteiger partial charge on any atom is -0.469 e. The third-order valence-corrected chi connectivity index (χ3v) is 2.60. The van der Waals surface area contributed by atoms with Gasteiger partial charge in [0, 0.05) is 24.2 Å². The molecule has 0 saturated carbocycles. The van der Waals surface area contributed by atoms with Gasteiger partial charge < -0.3 is 4.74 Å². The standard InChI is InChI=1S/C13H13NO2/c1-16-13(15)6-5-10-3-2-4-11-7-8-14-9-12(10)11/h2-4,7-9H,5-6H2,1H3. The number of nitrogens with zero attached hydrogens (tertiary/aromatic N) is 1. The van der Waals surface area contributed by atoms with Gasteiger partial charge in [0.05, 0.1) is 7.11 Å². The molecule has 0 fully saturated rings. The summed E-state index contributed by atoms with van der Waals surface area (Å²) in [6, 6.07) is 8.03. The van der Waals surface area contributed by atoms with Gasteiger partial charge >= 0.3 is 5.97 Å². The van der Waals surface area contributed by atoms with E-state index in [9.17, 15) is 4.79 Å². The fourth-order valence-electron chi connectivity index (χ4n) is 1.73. The summed E-state index contributed by atoms with van der Waals surface area (Å²) in [5.41, 5.74) is 1.14. The Morgan fingerprint density at radius 1 is 1.38 bits per heavy atom. The number of pyridine rings is 1. The van der Waals surface area contributed by atoms with E-state index in [4.69, 9.17) is 0 Å². The predicted molar refractivity (Wildman–Crippen MR) is 62.1 cm³/mol. The molecule has 0 aliphatic carbocycles. The second-order valence-electron chi connectivity index (χ2n) is 3.59. The van der Waals surface area contributed by atoms with Crippen LogP contribution in [0.25, 0.3) is 10.8 Å². The van der Waals surface area contributed by atoms with Crippen LogP contribution in [-0.4, -0.2) is 18.1 Å². The smallest absolute Gasteiger partial charge is 0.305 e. The summed E-state index contributed by atoms with van der Waals surface area (Å²) in [6.07, 6.45) is 4.70. The Hall–Kier alpha value is -1.90. The first-order valence-electron chi connectivity index (χ1n) is 5.19. The molecule has 1 aromatic carbocycles. The lowest BCUT2D eigenvalue weighted by Crippen LogP contribution is -2.02. The number of aromatic nitrogens is 1. The molecule has 0 N–H and O–H groups in total. The van der Waals surface area contributed by atoms with Crippen LogP contribution in [0.4, 0.5) is 0 Å². The largest absolute Gasteiger partial charge is 0.469 e. The Morgan fingerprint density at radius 2 is 2.25 bits per heavy atom. The minimum atomic E-state index is -0.180. The number of ether oxygens (including phenoxy) is 1. The van der Waals surface area contributed by atoms with E-state index in [-0.39, 0.29) is 5.97 Å². The van der Waals surface area contributed by atoms with Crippen LogP contribution in [-0.2, 0) is 16.0 Å². The predicted octanol–water partition coefficient (Wildman–Crippen LogP) is 2.34. The highest BCUT2D eigenvalue weighted by Crippen LogP contribution is 2.18. The highest BCUT2D eigenvalue weighted by molar-refractivity contribution is 5.85. The van der Waals surface area contributed by atoms with Crippen LogP contribution < -0.4 is 0 Å². The molecule has 0 saturated heterocycles. The summed E-state index contributed by atoms with van der Waals surface area (Å²) in [4.78, 5) is 15.2. The van der Waals surface area contributed by atoms with Gasteiger partial charge in [-0.15, -0.1) is 0 Å². The molecule has 0 bridgehead atoms. The average molecular weight is 215 g/mol. The van der Waals surface area contributed by atoms with E-state index in [1.54, 1.807) is 6.20 Å². The lowest BCUT2D eigenvalue weighted by atomic mass is 10.0. The summed E-state index contributed by atoms with van der Waals surface area (Å²) >= 11 is 0. The molecule has 0 radical (unpaired) electrons. The number of carbonyl (C=O) groups is 1. The molecule has 3 nitrogen and oxygen atoms in total. The molecule has 16 heavy (non-hydrogen) atoms. The molecule has 0 atom stereocenters. The maximum Gasteiger partial charge on any atom is 0.305 e. The van der Waals surface area contributed by atoms with Crippen LogP contribution in [0.3, 0.4) is 0 Å². The lowest BCUT2D eigenvalue weighted by Gasteiger charge is -2.04.